The van der Waals surface area contributed by atoms with Gasteiger partial charge in [-0.2, -0.15) is 4.39 Å². The minimum absolute atomic E-state index is 0.0768. The van der Waals surface area contributed by atoms with Gasteiger partial charge in [0.25, 0.3) is 0 Å². The van der Waals surface area contributed by atoms with Crippen LogP contribution in [0.2, 0.25) is 0 Å². The summed E-state index contributed by atoms with van der Waals surface area (Å²) in [6.07, 6.45) is 7.93. The van der Waals surface area contributed by atoms with Crippen molar-refractivity contribution < 1.29 is 27.4 Å². The summed E-state index contributed by atoms with van der Waals surface area (Å²) in [5.74, 6) is -0.865. The smallest absolute Gasteiger partial charge is 0.201 e. The summed E-state index contributed by atoms with van der Waals surface area (Å²) in [5.41, 5.74) is 1.73. The quantitative estimate of drug-likeness (QED) is 0.160. The van der Waals surface area contributed by atoms with Crippen molar-refractivity contribution in [3.8, 4) is 28.4 Å². The molecule has 3 aromatic carbocycles. The van der Waals surface area contributed by atoms with Gasteiger partial charge in [-0.25, -0.2) is 8.78 Å². The Hall–Kier alpha value is -3.41. The van der Waals surface area contributed by atoms with E-state index in [0.717, 1.165) is 44.1 Å². The Bertz CT molecular complexity index is 1220. The molecule has 0 N–H and O–H groups in total. The fourth-order valence-electron chi connectivity index (χ4n) is 4.94. The number of benzene rings is 3. The lowest BCUT2D eigenvalue weighted by atomic mass is 9.79. The standard InChI is InChI=1S/C33H37F3O3/c1-3-5-19-37-27-14-11-25(12-15-27)28-16-18-31(33(36)32(28)35)39-22-23-7-9-24(10-8-23)26-13-17-30(29(34)21-26)38-20-6-4-2/h4,11-18,21,23-24H,2-3,5-10,19-20,22H2,1H3. The molecule has 1 aliphatic rings. The van der Waals surface area contributed by atoms with Crippen LogP contribution in [0, 0.1) is 23.4 Å². The van der Waals surface area contributed by atoms with Gasteiger partial charge in [0.2, 0.25) is 5.82 Å². The summed E-state index contributed by atoms with van der Waals surface area (Å²) < 4.78 is 61.1. The summed E-state index contributed by atoms with van der Waals surface area (Å²) in [4.78, 5) is 0. The van der Waals surface area contributed by atoms with Crippen LogP contribution < -0.4 is 14.2 Å². The molecule has 1 saturated carbocycles. The van der Waals surface area contributed by atoms with Gasteiger partial charge in [0.05, 0.1) is 19.8 Å². The fourth-order valence-corrected chi connectivity index (χ4v) is 4.94. The maximum Gasteiger partial charge on any atom is 0.201 e. The molecule has 208 valence electrons. The van der Waals surface area contributed by atoms with E-state index in [2.05, 4.69) is 13.5 Å². The van der Waals surface area contributed by atoms with Crippen LogP contribution in [-0.2, 0) is 0 Å². The molecule has 3 nitrogen and oxygen atoms in total. The lowest BCUT2D eigenvalue weighted by Crippen LogP contribution is -2.19. The van der Waals surface area contributed by atoms with Gasteiger partial charge in [0, 0.05) is 5.56 Å². The third kappa shape index (κ3) is 7.59. The van der Waals surface area contributed by atoms with E-state index in [1.54, 1.807) is 48.5 Å². The Morgan fingerprint density at radius 1 is 0.821 bits per heavy atom. The zero-order valence-corrected chi connectivity index (χ0v) is 22.6. The molecule has 0 spiro atoms. The third-order valence-corrected chi connectivity index (χ3v) is 7.31. The van der Waals surface area contributed by atoms with E-state index >= 15 is 0 Å². The minimum Gasteiger partial charge on any atom is -0.494 e. The topological polar surface area (TPSA) is 27.7 Å². The van der Waals surface area contributed by atoms with E-state index in [4.69, 9.17) is 14.2 Å². The largest absolute Gasteiger partial charge is 0.494 e. The average Bonchev–Trinajstić information content (AvgIpc) is 2.96. The Kier molecular flexibility index (Phi) is 10.3. The van der Waals surface area contributed by atoms with Crippen LogP contribution in [0.5, 0.6) is 17.2 Å². The van der Waals surface area contributed by atoms with Crippen LogP contribution >= 0.6 is 0 Å². The minimum atomic E-state index is -0.977. The molecule has 6 heteroatoms. The predicted molar refractivity (Wildman–Crippen MR) is 149 cm³/mol. The second kappa shape index (κ2) is 14.1. The first-order chi connectivity index (χ1) is 19.0. The van der Waals surface area contributed by atoms with Crippen LogP contribution in [0.3, 0.4) is 0 Å². The Morgan fingerprint density at radius 2 is 1.56 bits per heavy atom. The Labute approximate surface area is 229 Å². The highest BCUT2D eigenvalue weighted by Gasteiger charge is 2.25. The van der Waals surface area contributed by atoms with Crippen molar-refractivity contribution >= 4 is 0 Å². The van der Waals surface area contributed by atoms with Crippen molar-refractivity contribution in [1.29, 1.82) is 0 Å². The van der Waals surface area contributed by atoms with Crippen molar-refractivity contribution in [2.75, 3.05) is 19.8 Å². The highest BCUT2D eigenvalue weighted by Crippen LogP contribution is 2.38. The SMILES string of the molecule is C=CCCOc1ccc(C2CCC(COc3ccc(-c4ccc(OCCCC)cc4)c(F)c3F)CC2)cc1F. The first-order valence-electron chi connectivity index (χ1n) is 13.9. The van der Waals surface area contributed by atoms with Gasteiger partial charge in [-0.1, -0.05) is 37.6 Å². The fraction of sp³-hybridized carbons (Fsp3) is 0.394. The molecule has 0 heterocycles. The van der Waals surface area contributed by atoms with Gasteiger partial charge in [-0.15, -0.1) is 6.58 Å². The van der Waals surface area contributed by atoms with E-state index in [1.807, 2.05) is 6.07 Å². The lowest BCUT2D eigenvalue weighted by Gasteiger charge is -2.29. The summed E-state index contributed by atoms with van der Waals surface area (Å²) in [6, 6.07) is 15.2. The molecule has 0 aromatic heterocycles. The van der Waals surface area contributed by atoms with Crippen molar-refractivity contribution in [1.82, 2.24) is 0 Å². The first-order valence-corrected chi connectivity index (χ1v) is 13.9. The van der Waals surface area contributed by atoms with E-state index in [9.17, 15) is 13.2 Å². The molecule has 0 bridgehead atoms. The monoisotopic (exact) mass is 538 g/mol. The number of unbranched alkanes of at least 4 members (excludes halogenated alkanes) is 1. The van der Waals surface area contributed by atoms with Crippen LogP contribution in [-0.4, -0.2) is 19.8 Å². The molecule has 1 aliphatic carbocycles. The molecular weight excluding hydrogens is 501 g/mol. The van der Waals surface area contributed by atoms with Crippen LogP contribution in [0.1, 0.15) is 63.4 Å². The van der Waals surface area contributed by atoms with Gasteiger partial charge in [-0.05, 0) is 97.9 Å². The van der Waals surface area contributed by atoms with E-state index in [-0.39, 0.29) is 34.7 Å². The predicted octanol–water partition coefficient (Wildman–Crippen LogP) is 9.26. The molecule has 0 aliphatic heterocycles. The molecule has 0 amide bonds. The van der Waals surface area contributed by atoms with Gasteiger partial charge in [0.15, 0.2) is 23.1 Å². The van der Waals surface area contributed by atoms with Crippen molar-refractivity contribution in [3.05, 3.63) is 90.3 Å². The van der Waals surface area contributed by atoms with Gasteiger partial charge in [0.1, 0.15) is 5.75 Å². The lowest BCUT2D eigenvalue weighted by molar-refractivity contribution is 0.192. The maximum atomic E-state index is 14.9. The van der Waals surface area contributed by atoms with Crippen molar-refractivity contribution in [2.45, 2.75) is 57.8 Å². The molecule has 1 fully saturated rings. The van der Waals surface area contributed by atoms with Crippen LogP contribution in [0.25, 0.3) is 11.1 Å². The summed E-state index contributed by atoms with van der Waals surface area (Å²) in [5, 5.41) is 0. The summed E-state index contributed by atoms with van der Waals surface area (Å²) in [6.45, 7) is 7.08. The van der Waals surface area contributed by atoms with Gasteiger partial charge < -0.3 is 14.2 Å². The number of hydrogen-bond acceptors (Lipinski definition) is 3. The van der Waals surface area contributed by atoms with E-state index < -0.39 is 11.6 Å². The summed E-state index contributed by atoms with van der Waals surface area (Å²) >= 11 is 0. The zero-order chi connectivity index (χ0) is 27.6. The van der Waals surface area contributed by atoms with E-state index in [1.165, 1.54) is 6.07 Å². The van der Waals surface area contributed by atoms with Crippen molar-refractivity contribution in [3.63, 3.8) is 0 Å². The van der Waals surface area contributed by atoms with Gasteiger partial charge in [-0.3, -0.25) is 0 Å². The van der Waals surface area contributed by atoms with Gasteiger partial charge >= 0.3 is 0 Å². The molecule has 0 atom stereocenters. The van der Waals surface area contributed by atoms with E-state index in [0.29, 0.717) is 37.6 Å². The molecule has 0 radical (unpaired) electrons. The number of hydrogen-bond donors (Lipinski definition) is 0. The van der Waals surface area contributed by atoms with Crippen LogP contribution in [0.4, 0.5) is 13.2 Å². The second-order valence-corrected chi connectivity index (χ2v) is 10.1. The molecule has 39 heavy (non-hydrogen) atoms. The highest BCUT2D eigenvalue weighted by atomic mass is 19.2. The Balaban J connectivity index is 1.29. The highest BCUT2D eigenvalue weighted by molar-refractivity contribution is 5.66. The van der Waals surface area contributed by atoms with Crippen LogP contribution in [0.15, 0.2) is 67.3 Å². The normalized spacial score (nSPS) is 17.0. The maximum absolute atomic E-state index is 14.9. The molecule has 0 saturated heterocycles. The zero-order valence-electron chi connectivity index (χ0n) is 22.6. The molecular formula is C33H37F3O3. The Morgan fingerprint density at radius 3 is 2.26 bits per heavy atom. The number of rotatable bonds is 13. The molecule has 4 rings (SSSR count). The van der Waals surface area contributed by atoms with Crippen molar-refractivity contribution in [2.24, 2.45) is 5.92 Å². The first kappa shape index (κ1) is 28.6. The number of halogens is 3. The molecule has 0 unspecified atom stereocenters. The third-order valence-electron chi connectivity index (χ3n) is 7.31. The average molecular weight is 539 g/mol. The summed E-state index contributed by atoms with van der Waals surface area (Å²) in [7, 11) is 0. The molecule has 3 aromatic rings. The number of ether oxygens (including phenoxy) is 3. The second-order valence-electron chi connectivity index (χ2n) is 10.1.